The molecular formula is C31H35F2N7O4S. The molecule has 1 aliphatic heterocycles. The Morgan fingerprint density at radius 2 is 1.62 bits per heavy atom. The summed E-state index contributed by atoms with van der Waals surface area (Å²) in [6.45, 7) is 2.18. The number of carbonyl (C=O) groups excluding carboxylic acids is 1. The minimum Gasteiger partial charge on any atom is -0.378 e. The van der Waals surface area contributed by atoms with E-state index in [1.54, 1.807) is 48.5 Å². The summed E-state index contributed by atoms with van der Waals surface area (Å²) in [5.74, 6) is 0.302. The fourth-order valence-electron chi connectivity index (χ4n) is 5.81. The molecule has 3 heterocycles. The van der Waals surface area contributed by atoms with Crippen LogP contribution < -0.4 is 15.5 Å². The number of rotatable bonds is 10. The van der Waals surface area contributed by atoms with Gasteiger partial charge in [0.2, 0.25) is 11.9 Å². The van der Waals surface area contributed by atoms with Gasteiger partial charge in [0.15, 0.2) is 15.7 Å². The van der Waals surface area contributed by atoms with Gasteiger partial charge in [-0.05, 0) is 49.9 Å². The Balaban J connectivity index is 1.14. The van der Waals surface area contributed by atoms with Crippen LogP contribution in [-0.4, -0.2) is 78.0 Å². The zero-order chi connectivity index (χ0) is 31.4. The number of sulfone groups is 1. The molecule has 0 spiro atoms. The van der Waals surface area contributed by atoms with Crippen molar-refractivity contribution in [2.75, 3.05) is 42.3 Å². The first-order valence-corrected chi connectivity index (χ1v) is 16.7. The number of hydrogen-bond acceptors (Lipinski definition) is 9. The summed E-state index contributed by atoms with van der Waals surface area (Å²) in [6, 6.07) is 16.7. The second-order valence-corrected chi connectivity index (χ2v) is 13.4. The maximum Gasteiger partial charge on any atom is 0.296 e. The van der Waals surface area contributed by atoms with Crippen LogP contribution in [0.5, 0.6) is 0 Å². The predicted molar refractivity (Wildman–Crippen MR) is 166 cm³/mol. The molecule has 6 rings (SSSR count). The molecule has 1 saturated heterocycles. The van der Waals surface area contributed by atoms with Crippen LogP contribution >= 0.6 is 0 Å². The van der Waals surface area contributed by atoms with Gasteiger partial charge in [-0.15, -0.1) is 0 Å². The van der Waals surface area contributed by atoms with Crippen molar-refractivity contribution in [2.45, 2.75) is 55.5 Å². The highest BCUT2D eigenvalue weighted by Gasteiger charge is 2.26. The largest absolute Gasteiger partial charge is 0.378 e. The minimum absolute atomic E-state index is 0.0333. The Morgan fingerprint density at radius 1 is 0.933 bits per heavy atom. The van der Waals surface area contributed by atoms with Gasteiger partial charge in [-0.3, -0.25) is 9.36 Å². The van der Waals surface area contributed by atoms with Gasteiger partial charge in [-0.1, -0.05) is 30.3 Å². The van der Waals surface area contributed by atoms with Gasteiger partial charge < -0.3 is 20.3 Å². The Labute approximate surface area is 259 Å². The number of nitrogens with zero attached hydrogens (tertiary/aromatic N) is 5. The van der Waals surface area contributed by atoms with Crippen LogP contribution in [0, 0.1) is 0 Å². The third kappa shape index (κ3) is 7.22. The van der Waals surface area contributed by atoms with Crippen molar-refractivity contribution in [3.8, 4) is 5.82 Å². The molecule has 1 aliphatic carbocycles. The van der Waals surface area contributed by atoms with Gasteiger partial charge in [-0.25, -0.2) is 22.2 Å². The lowest BCUT2D eigenvalue weighted by molar-refractivity contribution is -0.121. The minimum atomic E-state index is -3.53. The number of nitrogens with one attached hydrogen (secondary N) is 2. The number of ether oxygens (including phenoxy) is 1. The monoisotopic (exact) mass is 639 g/mol. The first kappa shape index (κ1) is 30.8. The fourth-order valence-corrected chi connectivity index (χ4v) is 7.07. The van der Waals surface area contributed by atoms with E-state index in [1.165, 1.54) is 16.7 Å². The summed E-state index contributed by atoms with van der Waals surface area (Å²) in [5.41, 5.74) is 0.977. The molecule has 238 valence electrons. The average Bonchev–Trinajstić information content (AvgIpc) is 3.46. The Bertz CT molecular complexity index is 1740. The van der Waals surface area contributed by atoms with Gasteiger partial charge in [0.1, 0.15) is 11.6 Å². The number of imidazole rings is 1. The van der Waals surface area contributed by atoms with E-state index in [2.05, 4.69) is 15.6 Å². The zero-order valence-corrected chi connectivity index (χ0v) is 25.4. The highest BCUT2D eigenvalue weighted by Crippen LogP contribution is 2.30. The lowest BCUT2D eigenvalue weighted by atomic mass is 9.91. The number of alkyl halides is 2. The van der Waals surface area contributed by atoms with Crippen LogP contribution in [0.2, 0.25) is 0 Å². The van der Waals surface area contributed by atoms with Crippen molar-refractivity contribution in [2.24, 2.45) is 0 Å². The average molecular weight is 640 g/mol. The molecule has 2 N–H and O–H groups in total. The number of hydrogen-bond donors (Lipinski definition) is 2. The normalized spacial score (nSPS) is 19.1. The molecule has 45 heavy (non-hydrogen) atoms. The lowest BCUT2D eigenvalue weighted by Crippen LogP contribution is -2.41. The van der Waals surface area contributed by atoms with Gasteiger partial charge in [0.05, 0.1) is 34.9 Å². The Kier molecular flexibility index (Phi) is 9.21. The summed E-state index contributed by atoms with van der Waals surface area (Å²) in [4.78, 5) is 28.4. The van der Waals surface area contributed by atoms with Crippen LogP contribution in [0.15, 0.2) is 65.6 Å². The van der Waals surface area contributed by atoms with Crippen molar-refractivity contribution in [1.82, 2.24) is 24.8 Å². The fraction of sp³-hybridized carbons (Fsp3) is 0.419. The van der Waals surface area contributed by atoms with Gasteiger partial charge >= 0.3 is 0 Å². The van der Waals surface area contributed by atoms with Gasteiger partial charge in [0, 0.05) is 37.7 Å². The summed E-state index contributed by atoms with van der Waals surface area (Å²) < 4.78 is 60.3. The lowest BCUT2D eigenvalue weighted by Gasteiger charge is -2.31. The van der Waals surface area contributed by atoms with Gasteiger partial charge in [-0.2, -0.15) is 9.97 Å². The number of para-hydroxylation sites is 2. The topological polar surface area (TPSA) is 131 Å². The maximum absolute atomic E-state index is 14.2. The molecule has 2 fully saturated rings. The number of amides is 1. The zero-order valence-electron chi connectivity index (χ0n) is 24.6. The quantitative estimate of drug-likeness (QED) is 0.261. The van der Waals surface area contributed by atoms with Crippen LogP contribution in [-0.2, 0) is 19.4 Å². The highest BCUT2D eigenvalue weighted by molar-refractivity contribution is 7.91. The maximum atomic E-state index is 14.2. The molecular weight excluding hydrogens is 604 g/mol. The standard InChI is InChI=1S/C31H35F2N7O4S/c32-29(33)30-36-24-8-4-5-9-25(24)40(30)27-20-26(37-31(38-27)39-15-17-44-18-16-39)34-21-10-12-22(13-11-21)35-28(41)14-19-45(42,43)23-6-2-1-3-7-23/h1-9,20-22,29H,10-19H2,(H,35,41)(H,34,37,38). The molecule has 0 unspecified atom stereocenters. The van der Waals surface area contributed by atoms with E-state index in [0.717, 1.165) is 12.8 Å². The van der Waals surface area contributed by atoms with Crippen molar-refractivity contribution in [1.29, 1.82) is 0 Å². The first-order chi connectivity index (χ1) is 21.8. The van der Waals surface area contributed by atoms with Crippen molar-refractivity contribution < 1.29 is 26.7 Å². The van der Waals surface area contributed by atoms with E-state index in [9.17, 15) is 22.0 Å². The SMILES string of the molecule is O=C(CCS(=O)(=O)c1ccccc1)NC1CCC(Nc2cc(-n3c(C(F)F)nc4ccccc43)nc(N3CCOCC3)n2)CC1. The van der Waals surface area contributed by atoms with E-state index in [0.29, 0.717) is 67.8 Å². The van der Waals surface area contributed by atoms with Crippen molar-refractivity contribution in [3.05, 3.63) is 66.5 Å². The van der Waals surface area contributed by atoms with Crippen LogP contribution in [0.25, 0.3) is 16.9 Å². The molecule has 4 aromatic rings. The predicted octanol–water partition coefficient (Wildman–Crippen LogP) is 4.29. The number of benzene rings is 2. The van der Waals surface area contributed by atoms with Crippen molar-refractivity contribution >= 4 is 38.5 Å². The molecule has 0 bridgehead atoms. The summed E-state index contributed by atoms with van der Waals surface area (Å²) in [7, 11) is -3.53. The van der Waals surface area contributed by atoms with E-state index < -0.39 is 16.3 Å². The number of anilines is 2. The van der Waals surface area contributed by atoms with E-state index in [4.69, 9.17) is 14.7 Å². The first-order valence-electron chi connectivity index (χ1n) is 15.1. The third-order valence-corrected chi connectivity index (χ3v) is 9.88. The van der Waals surface area contributed by atoms with Crippen LogP contribution in [0.3, 0.4) is 0 Å². The molecule has 2 aromatic carbocycles. The van der Waals surface area contributed by atoms with E-state index in [-0.39, 0.29) is 40.9 Å². The Morgan fingerprint density at radius 3 is 2.36 bits per heavy atom. The smallest absolute Gasteiger partial charge is 0.296 e. The van der Waals surface area contributed by atoms with Crippen LogP contribution in [0.4, 0.5) is 20.5 Å². The number of halogens is 2. The highest BCUT2D eigenvalue weighted by atomic mass is 32.2. The third-order valence-electron chi connectivity index (χ3n) is 8.15. The van der Waals surface area contributed by atoms with Gasteiger partial charge in [0.25, 0.3) is 6.43 Å². The molecule has 0 radical (unpaired) electrons. The molecule has 0 atom stereocenters. The summed E-state index contributed by atoms with van der Waals surface area (Å²) in [6.07, 6.45) is -0.0479. The summed E-state index contributed by atoms with van der Waals surface area (Å²) in [5, 5.41) is 6.46. The molecule has 2 aliphatic rings. The summed E-state index contributed by atoms with van der Waals surface area (Å²) >= 11 is 0. The van der Waals surface area contributed by atoms with Crippen molar-refractivity contribution in [3.63, 3.8) is 0 Å². The van der Waals surface area contributed by atoms with E-state index >= 15 is 0 Å². The number of morpholine rings is 1. The second-order valence-electron chi connectivity index (χ2n) is 11.2. The second kappa shape index (κ2) is 13.4. The number of fused-ring (bicyclic) bond motifs is 1. The molecule has 14 heteroatoms. The van der Waals surface area contributed by atoms with E-state index in [1.807, 2.05) is 4.90 Å². The van der Waals surface area contributed by atoms with Crippen LogP contribution in [0.1, 0.15) is 44.4 Å². The molecule has 1 saturated carbocycles. The number of carbonyl (C=O) groups is 1. The molecule has 1 amide bonds. The molecule has 2 aromatic heterocycles. The molecule has 11 nitrogen and oxygen atoms in total. The Hall–Kier alpha value is -4.17. The number of aromatic nitrogens is 4.